The molecule has 4 N–H and O–H groups in total. The molecule has 3 rings (SSSR count). The van der Waals surface area contributed by atoms with E-state index in [-0.39, 0.29) is 6.61 Å². The number of aromatic nitrogens is 1. The lowest BCUT2D eigenvalue weighted by atomic mass is 10.0. The van der Waals surface area contributed by atoms with Crippen molar-refractivity contribution in [2.75, 3.05) is 0 Å². The fourth-order valence-corrected chi connectivity index (χ4v) is 3.38. The molecule has 0 saturated carbocycles. The van der Waals surface area contributed by atoms with Crippen LogP contribution in [0.25, 0.3) is 10.9 Å². The van der Waals surface area contributed by atoms with E-state index >= 15 is 0 Å². The summed E-state index contributed by atoms with van der Waals surface area (Å²) in [5, 5.41) is 9.89. The summed E-state index contributed by atoms with van der Waals surface area (Å²) in [6, 6.07) is 12.9. The van der Waals surface area contributed by atoms with E-state index in [1.165, 1.54) is 0 Å². The molecule has 0 spiro atoms. The molecule has 1 heterocycles. The maximum Gasteiger partial charge on any atom is 0.419 e. The summed E-state index contributed by atoms with van der Waals surface area (Å²) in [6.07, 6.45) is 0.979. The maximum atomic E-state index is 11.6. The van der Waals surface area contributed by atoms with Crippen LogP contribution in [0.3, 0.4) is 0 Å². The number of nitrogens with two attached hydrogens (primary N) is 1. The van der Waals surface area contributed by atoms with E-state index in [4.69, 9.17) is 20.3 Å². The number of aliphatic carboxylic acids is 1. The smallest absolute Gasteiger partial charge is 0.419 e. The number of hydrogen-bond donors (Lipinski definition) is 3. The van der Waals surface area contributed by atoms with E-state index < -0.39 is 24.3 Å². The van der Waals surface area contributed by atoms with Gasteiger partial charge in [0, 0.05) is 17.1 Å². The van der Waals surface area contributed by atoms with Crippen molar-refractivity contribution >= 4 is 22.8 Å². The Morgan fingerprint density at radius 3 is 2.52 bits per heavy atom. The SMILES string of the molecule is Cc1cc(C)cc(COC(OC(=O)C(=O)O)C(N)Cc2c[nH]c3ccccc23)c1. The number of carbonyl (C=O) groups excluding carboxylic acids is 1. The average Bonchev–Trinajstić information content (AvgIpc) is 3.07. The first-order valence-corrected chi connectivity index (χ1v) is 9.26. The van der Waals surface area contributed by atoms with Gasteiger partial charge in [0.05, 0.1) is 12.6 Å². The molecule has 0 saturated heterocycles. The van der Waals surface area contributed by atoms with Crippen molar-refractivity contribution in [2.24, 2.45) is 5.73 Å². The van der Waals surface area contributed by atoms with Crippen LogP contribution in [-0.2, 0) is 32.1 Å². The molecule has 0 aliphatic heterocycles. The minimum Gasteiger partial charge on any atom is -0.473 e. The number of rotatable bonds is 7. The normalized spacial score (nSPS) is 13.2. The third-order valence-corrected chi connectivity index (χ3v) is 4.57. The Bertz CT molecular complexity index is 1010. The van der Waals surface area contributed by atoms with Crippen LogP contribution in [0.4, 0.5) is 0 Å². The fourth-order valence-electron chi connectivity index (χ4n) is 3.38. The lowest BCUT2D eigenvalue weighted by Gasteiger charge is -2.23. The van der Waals surface area contributed by atoms with Crippen LogP contribution in [0.5, 0.6) is 0 Å². The van der Waals surface area contributed by atoms with Gasteiger partial charge in [0.25, 0.3) is 0 Å². The van der Waals surface area contributed by atoms with Crippen LogP contribution in [-0.4, -0.2) is 34.4 Å². The molecule has 0 amide bonds. The third kappa shape index (κ3) is 5.22. The molecule has 2 atom stereocenters. The van der Waals surface area contributed by atoms with Gasteiger partial charge < -0.3 is 25.3 Å². The molecule has 2 unspecified atom stereocenters. The fraction of sp³-hybridized carbons (Fsp3) is 0.273. The van der Waals surface area contributed by atoms with Gasteiger partial charge >= 0.3 is 11.9 Å². The number of carboxylic acid groups (broad SMARTS) is 1. The van der Waals surface area contributed by atoms with Gasteiger partial charge in [-0.25, -0.2) is 9.59 Å². The zero-order chi connectivity index (χ0) is 21.0. The summed E-state index contributed by atoms with van der Waals surface area (Å²) < 4.78 is 10.8. The molecule has 0 fully saturated rings. The van der Waals surface area contributed by atoms with E-state index in [0.717, 1.165) is 33.2 Å². The van der Waals surface area contributed by atoms with Crippen LogP contribution in [0.1, 0.15) is 22.3 Å². The van der Waals surface area contributed by atoms with Gasteiger partial charge in [-0.2, -0.15) is 0 Å². The maximum absolute atomic E-state index is 11.6. The molecule has 0 aliphatic carbocycles. The van der Waals surface area contributed by atoms with Crippen molar-refractivity contribution in [2.45, 2.75) is 39.2 Å². The van der Waals surface area contributed by atoms with Crippen LogP contribution < -0.4 is 5.73 Å². The van der Waals surface area contributed by atoms with E-state index in [2.05, 4.69) is 4.98 Å². The number of H-pyrrole nitrogens is 1. The first kappa shape index (κ1) is 20.6. The molecule has 7 heteroatoms. The Kier molecular flexibility index (Phi) is 6.31. The molecule has 152 valence electrons. The molecule has 3 aromatic rings. The zero-order valence-corrected chi connectivity index (χ0v) is 16.3. The highest BCUT2D eigenvalue weighted by molar-refractivity contribution is 6.28. The number of aromatic amines is 1. The van der Waals surface area contributed by atoms with Gasteiger partial charge in [-0.05, 0) is 37.5 Å². The lowest BCUT2D eigenvalue weighted by Crippen LogP contribution is -2.42. The number of nitrogens with one attached hydrogen (secondary N) is 1. The number of carboxylic acids is 1. The van der Waals surface area contributed by atoms with Crippen molar-refractivity contribution < 1.29 is 24.2 Å². The summed E-state index contributed by atoms with van der Waals surface area (Å²) in [5.74, 6) is -3.09. The van der Waals surface area contributed by atoms with Gasteiger partial charge in [0.15, 0.2) is 0 Å². The Morgan fingerprint density at radius 2 is 1.83 bits per heavy atom. The van der Waals surface area contributed by atoms with Crippen molar-refractivity contribution in [1.29, 1.82) is 0 Å². The van der Waals surface area contributed by atoms with Gasteiger partial charge in [-0.1, -0.05) is 47.5 Å². The molecule has 0 bridgehead atoms. The van der Waals surface area contributed by atoms with Crippen molar-refractivity contribution in [3.8, 4) is 0 Å². The minimum absolute atomic E-state index is 0.141. The highest BCUT2D eigenvalue weighted by Crippen LogP contribution is 2.21. The number of para-hydroxylation sites is 1. The van der Waals surface area contributed by atoms with Crippen LogP contribution >= 0.6 is 0 Å². The second-order valence-corrected chi connectivity index (χ2v) is 7.11. The van der Waals surface area contributed by atoms with E-state index in [0.29, 0.717) is 6.42 Å². The monoisotopic (exact) mass is 396 g/mol. The Hall–Kier alpha value is -3.16. The van der Waals surface area contributed by atoms with Crippen molar-refractivity contribution in [3.05, 3.63) is 70.9 Å². The van der Waals surface area contributed by atoms with Gasteiger partial charge in [-0.15, -0.1) is 0 Å². The van der Waals surface area contributed by atoms with Crippen LogP contribution in [0.15, 0.2) is 48.7 Å². The summed E-state index contributed by atoms with van der Waals surface area (Å²) in [6.45, 7) is 4.09. The third-order valence-electron chi connectivity index (χ3n) is 4.57. The largest absolute Gasteiger partial charge is 0.473 e. The van der Waals surface area contributed by atoms with Gasteiger partial charge in [0.2, 0.25) is 6.29 Å². The topological polar surface area (TPSA) is 115 Å². The molecule has 7 nitrogen and oxygen atoms in total. The molecule has 2 aromatic carbocycles. The number of esters is 1. The number of carbonyl (C=O) groups is 2. The Morgan fingerprint density at radius 1 is 1.14 bits per heavy atom. The summed E-state index contributed by atoms with van der Waals surface area (Å²) >= 11 is 0. The molecular weight excluding hydrogens is 372 g/mol. The Balaban J connectivity index is 1.76. The summed E-state index contributed by atoms with van der Waals surface area (Å²) in [5.41, 5.74) is 11.2. The van der Waals surface area contributed by atoms with E-state index in [1.54, 1.807) is 0 Å². The summed E-state index contributed by atoms with van der Waals surface area (Å²) in [7, 11) is 0. The highest BCUT2D eigenvalue weighted by Gasteiger charge is 2.27. The second-order valence-electron chi connectivity index (χ2n) is 7.11. The van der Waals surface area contributed by atoms with Crippen molar-refractivity contribution in [3.63, 3.8) is 0 Å². The van der Waals surface area contributed by atoms with Crippen LogP contribution in [0.2, 0.25) is 0 Å². The van der Waals surface area contributed by atoms with Gasteiger partial charge in [0.1, 0.15) is 0 Å². The van der Waals surface area contributed by atoms with Crippen molar-refractivity contribution in [1.82, 2.24) is 4.98 Å². The first-order chi connectivity index (χ1) is 13.8. The van der Waals surface area contributed by atoms with Gasteiger partial charge in [-0.3, -0.25) is 0 Å². The first-order valence-electron chi connectivity index (χ1n) is 9.26. The standard InChI is InChI=1S/C22H24N2O5/c1-13-7-14(2)9-15(8-13)12-28-22(29-21(27)20(25)26)18(23)10-16-11-24-19-6-4-3-5-17(16)19/h3-9,11,18,22,24H,10,12,23H2,1-2H3,(H,25,26). The van der Waals surface area contributed by atoms with Crippen LogP contribution in [0, 0.1) is 13.8 Å². The number of hydrogen-bond acceptors (Lipinski definition) is 5. The minimum atomic E-state index is -1.69. The predicted molar refractivity (Wildman–Crippen MR) is 108 cm³/mol. The highest BCUT2D eigenvalue weighted by atomic mass is 16.7. The number of aryl methyl sites for hydroxylation is 2. The number of fused-ring (bicyclic) bond motifs is 1. The number of ether oxygens (including phenoxy) is 2. The molecule has 0 radical (unpaired) electrons. The zero-order valence-electron chi connectivity index (χ0n) is 16.3. The lowest BCUT2D eigenvalue weighted by molar-refractivity contribution is -0.193. The second kappa shape index (κ2) is 8.89. The average molecular weight is 396 g/mol. The quantitative estimate of drug-likeness (QED) is 0.321. The molecular formula is C22H24N2O5. The molecule has 0 aliphatic rings. The number of benzene rings is 2. The Labute approximate surface area is 168 Å². The molecule has 29 heavy (non-hydrogen) atoms. The molecule has 1 aromatic heterocycles. The predicted octanol–water partition coefficient (Wildman–Crippen LogP) is 2.83. The van der Waals surface area contributed by atoms with E-state index in [1.807, 2.05) is 62.5 Å². The summed E-state index contributed by atoms with van der Waals surface area (Å²) in [4.78, 5) is 25.7. The van der Waals surface area contributed by atoms with E-state index in [9.17, 15) is 9.59 Å².